The van der Waals surface area contributed by atoms with E-state index in [1.54, 1.807) is 0 Å². The molecular weight excluding hydrogens is 202 g/mol. The van der Waals surface area contributed by atoms with Crippen LogP contribution in [-0.4, -0.2) is 31.1 Å². The van der Waals surface area contributed by atoms with Crippen LogP contribution in [0, 0.1) is 0 Å². The zero-order chi connectivity index (χ0) is 10.8. The molecule has 6 heteroatoms. The lowest BCUT2D eigenvalue weighted by molar-refractivity contribution is -0.151. The number of hydrogen-bond donors (Lipinski definition) is 1. The zero-order valence-electron chi connectivity index (χ0n) is 7.61. The van der Waals surface area contributed by atoms with Crippen LogP contribution in [0.2, 0.25) is 0 Å². The van der Waals surface area contributed by atoms with Gasteiger partial charge < -0.3 is 10.5 Å². The second-order valence-corrected chi connectivity index (χ2v) is 3.76. The number of rotatable bonds is 3. The molecule has 0 aromatic heterocycles. The number of halogens is 4. The molecule has 1 heterocycles. The van der Waals surface area contributed by atoms with Crippen molar-refractivity contribution in [2.45, 2.75) is 37.1 Å². The van der Waals surface area contributed by atoms with Crippen molar-refractivity contribution < 1.29 is 22.3 Å². The molecule has 0 aromatic rings. The second-order valence-electron chi connectivity index (χ2n) is 3.76. The van der Waals surface area contributed by atoms with Gasteiger partial charge in [-0.05, 0) is 12.8 Å². The van der Waals surface area contributed by atoms with Gasteiger partial charge in [-0.3, -0.25) is 0 Å². The van der Waals surface area contributed by atoms with Crippen LogP contribution in [0.4, 0.5) is 17.6 Å². The zero-order valence-corrected chi connectivity index (χ0v) is 7.61. The van der Waals surface area contributed by atoms with Crippen LogP contribution in [0.15, 0.2) is 0 Å². The van der Waals surface area contributed by atoms with E-state index in [0.717, 1.165) is 0 Å². The lowest BCUT2D eigenvalue weighted by atomic mass is 9.87. The van der Waals surface area contributed by atoms with E-state index in [4.69, 9.17) is 10.5 Å². The van der Waals surface area contributed by atoms with Gasteiger partial charge in [0.25, 0.3) is 0 Å². The fourth-order valence-corrected chi connectivity index (χ4v) is 1.56. The number of alkyl halides is 4. The Morgan fingerprint density at radius 1 is 1.43 bits per heavy atom. The van der Waals surface area contributed by atoms with Crippen LogP contribution >= 0.6 is 0 Å². The maximum absolute atomic E-state index is 12.7. The van der Waals surface area contributed by atoms with Crippen molar-refractivity contribution in [2.75, 3.05) is 13.2 Å². The molecule has 0 radical (unpaired) electrons. The van der Waals surface area contributed by atoms with E-state index in [1.807, 2.05) is 0 Å². The van der Waals surface area contributed by atoms with Crippen LogP contribution in [0.1, 0.15) is 19.3 Å². The summed E-state index contributed by atoms with van der Waals surface area (Å²) in [7, 11) is 0. The normalized spacial score (nSPS) is 29.6. The van der Waals surface area contributed by atoms with Gasteiger partial charge in [-0.15, -0.1) is 0 Å². The molecule has 1 saturated heterocycles. The van der Waals surface area contributed by atoms with Crippen molar-refractivity contribution >= 4 is 0 Å². The van der Waals surface area contributed by atoms with Crippen LogP contribution < -0.4 is 5.73 Å². The van der Waals surface area contributed by atoms with Crippen molar-refractivity contribution in [3.63, 3.8) is 0 Å². The maximum atomic E-state index is 12.7. The lowest BCUT2D eigenvalue weighted by Gasteiger charge is -2.35. The molecule has 14 heavy (non-hydrogen) atoms. The minimum atomic E-state index is -4.02. The average molecular weight is 215 g/mol. The molecule has 1 unspecified atom stereocenters. The molecular formula is C8H13F4NO. The molecule has 2 nitrogen and oxygen atoms in total. The van der Waals surface area contributed by atoms with E-state index in [2.05, 4.69) is 0 Å². The van der Waals surface area contributed by atoms with Gasteiger partial charge >= 0.3 is 12.3 Å². The summed E-state index contributed by atoms with van der Waals surface area (Å²) < 4.78 is 54.1. The van der Waals surface area contributed by atoms with Crippen LogP contribution in [0.3, 0.4) is 0 Å². The largest absolute Gasteiger partial charge is 0.380 e. The monoisotopic (exact) mass is 215 g/mol. The summed E-state index contributed by atoms with van der Waals surface area (Å²) in [5, 5.41) is 0. The molecule has 2 N–H and O–H groups in total. The summed E-state index contributed by atoms with van der Waals surface area (Å²) in [5.74, 6) is -4.02. The average Bonchev–Trinajstić information content (AvgIpc) is 2.03. The summed E-state index contributed by atoms with van der Waals surface area (Å²) in [6.45, 7) is 0.383. The predicted octanol–water partition coefficient (Wildman–Crippen LogP) is 1.78. The van der Waals surface area contributed by atoms with Crippen LogP contribution in [-0.2, 0) is 4.74 Å². The van der Waals surface area contributed by atoms with Crippen molar-refractivity contribution in [1.29, 1.82) is 0 Å². The molecule has 1 rings (SSSR count). The lowest BCUT2D eigenvalue weighted by Crippen LogP contribution is -2.52. The first-order valence-electron chi connectivity index (χ1n) is 4.38. The Morgan fingerprint density at radius 2 is 2.07 bits per heavy atom. The topological polar surface area (TPSA) is 35.2 Å². The molecule has 0 aromatic carbocycles. The van der Waals surface area contributed by atoms with Gasteiger partial charge in [0.15, 0.2) is 0 Å². The van der Waals surface area contributed by atoms with Crippen LogP contribution in [0.5, 0.6) is 0 Å². The standard InChI is InChI=1S/C8H13F4NO/c9-6(10)8(11,12)4-7(13)2-1-3-14-5-7/h6H,1-5,13H2. The molecule has 1 atom stereocenters. The van der Waals surface area contributed by atoms with Gasteiger partial charge in [0.05, 0.1) is 6.61 Å². The van der Waals surface area contributed by atoms with E-state index in [1.165, 1.54) is 0 Å². The molecule has 0 aliphatic carbocycles. The summed E-state index contributed by atoms with van der Waals surface area (Å²) in [6.07, 6.45) is -3.84. The molecule has 0 saturated carbocycles. The third-order valence-corrected chi connectivity index (χ3v) is 2.26. The van der Waals surface area contributed by atoms with Crippen molar-refractivity contribution in [1.82, 2.24) is 0 Å². The first-order valence-corrected chi connectivity index (χ1v) is 4.38. The minimum Gasteiger partial charge on any atom is -0.380 e. The van der Waals surface area contributed by atoms with Gasteiger partial charge in [-0.25, -0.2) is 17.6 Å². The van der Waals surface area contributed by atoms with E-state index < -0.39 is 24.3 Å². The fraction of sp³-hybridized carbons (Fsp3) is 1.00. The second kappa shape index (κ2) is 4.02. The molecule has 0 bridgehead atoms. The smallest absolute Gasteiger partial charge is 0.309 e. The Hall–Kier alpha value is -0.360. The van der Waals surface area contributed by atoms with Crippen molar-refractivity contribution in [3.05, 3.63) is 0 Å². The third-order valence-electron chi connectivity index (χ3n) is 2.26. The molecule has 0 amide bonds. The molecule has 1 aliphatic rings. The Labute approximate surface area is 79.4 Å². The number of ether oxygens (including phenoxy) is 1. The Kier molecular flexibility index (Phi) is 3.36. The molecule has 84 valence electrons. The maximum Gasteiger partial charge on any atom is 0.309 e. The highest BCUT2D eigenvalue weighted by molar-refractivity contribution is 4.92. The van der Waals surface area contributed by atoms with Gasteiger partial charge in [0.1, 0.15) is 0 Å². The summed E-state index contributed by atoms with van der Waals surface area (Å²) in [4.78, 5) is 0. The first kappa shape index (κ1) is 11.7. The van der Waals surface area contributed by atoms with E-state index >= 15 is 0 Å². The summed E-state index contributed by atoms with van der Waals surface area (Å²) in [6, 6.07) is 0. The van der Waals surface area contributed by atoms with Gasteiger partial charge in [-0.2, -0.15) is 0 Å². The van der Waals surface area contributed by atoms with Gasteiger partial charge in [0.2, 0.25) is 0 Å². The molecule has 1 fully saturated rings. The summed E-state index contributed by atoms with van der Waals surface area (Å²) in [5.41, 5.74) is 4.24. The quantitative estimate of drug-likeness (QED) is 0.728. The van der Waals surface area contributed by atoms with Gasteiger partial charge in [-0.1, -0.05) is 0 Å². The highest BCUT2D eigenvalue weighted by atomic mass is 19.3. The van der Waals surface area contributed by atoms with E-state index in [-0.39, 0.29) is 6.61 Å². The highest BCUT2D eigenvalue weighted by Crippen LogP contribution is 2.34. The van der Waals surface area contributed by atoms with Gasteiger partial charge in [0, 0.05) is 18.6 Å². The first-order chi connectivity index (χ1) is 6.36. The number of nitrogens with two attached hydrogens (primary N) is 1. The number of hydrogen-bond acceptors (Lipinski definition) is 2. The predicted molar refractivity (Wildman–Crippen MR) is 42.5 cm³/mol. The molecule has 0 spiro atoms. The van der Waals surface area contributed by atoms with Crippen molar-refractivity contribution in [2.24, 2.45) is 5.73 Å². The highest BCUT2D eigenvalue weighted by Gasteiger charge is 2.47. The van der Waals surface area contributed by atoms with Crippen molar-refractivity contribution in [3.8, 4) is 0 Å². The SMILES string of the molecule is NC1(CC(F)(F)C(F)F)CCCOC1. The van der Waals surface area contributed by atoms with E-state index in [0.29, 0.717) is 19.4 Å². The molecule has 1 aliphatic heterocycles. The summed E-state index contributed by atoms with van der Waals surface area (Å²) >= 11 is 0. The van der Waals surface area contributed by atoms with Crippen LogP contribution in [0.25, 0.3) is 0 Å². The fourth-order valence-electron chi connectivity index (χ4n) is 1.56. The third kappa shape index (κ3) is 2.81. The Morgan fingerprint density at radius 3 is 2.50 bits per heavy atom. The minimum absolute atomic E-state index is 0.0741. The Balaban J connectivity index is 2.56. The Bertz CT molecular complexity index is 192. The van der Waals surface area contributed by atoms with E-state index in [9.17, 15) is 17.6 Å².